The molecule has 0 spiro atoms. The van der Waals surface area contributed by atoms with Gasteiger partial charge in [-0.25, -0.2) is 13.4 Å². The van der Waals surface area contributed by atoms with E-state index in [1.54, 1.807) is 29.3 Å². The van der Waals surface area contributed by atoms with Crippen LogP contribution in [0.5, 0.6) is 0 Å². The molecule has 6 nitrogen and oxygen atoms in total. The molecule has 0 aliphatic carbocycles. The zero-order chi connectivity index (χ0) is 18.3. The van der Waals surface area contributed by atoms with Gasteiger partial charge in [-0.05, 0) is 30.5 Å². The normalized spacial score (nSPS) is 17.7. The third kappa shape index (κ3) is 2.78. The van der Waals surface area contributed by atoms with Gasteiger partial charge in [0.1, 0.15) is 0 Å². The quantitative estimate of drug-likeness (QED) is 0.712. The van der Waals surface area contributed by atoms with E-state index in [0.29, 0.717) is 12.1 Å². The second kappa shape index (κ2) is 6.25. The lowest BCUT2D eigenvalue weighted by Gasteiger charge is -2.24. The second-order valence-corrected chi connectivity index (χ2v) is 8.45. The van der Waals surface area contributed by atoms with Gasteiger partial charge in [-0.3, -0.25) is 9.20 Å². The highest BCUT2D eigenvalue weighted by Gasteiger charge is 2.33. The number of aromatic nitrogens is 2. The summed E-state index contributed by atoms with van der Waals surface area (Å²) in [5, 5.41) is -0.105. The smallest absolute Gasteiger partial charge is 0.275 e. The lowest BCUT2D eigenvalue weighted by atomic mass is 10.0. The van der Waals surface area contributed by atoms with Gasteiger partial charge in [0, 0.05) is 19.0 Å². The Labute approximate surface area is 152 Å². The van der Waals surface area contributed by atoms with Gasteiger partial charge in [0.15, 0.2) is 5.69 Å². The Bertz CT molecular complexity index is 1070. The number of hydrogen-bond acceptors (Lipinski definition) is 4. The summed E-state index contributed by atoms with van der Waals surface area (Å²) in [6, 6.07) is 15.1. The highest BCUT2D eigenvalue weighted by molar-refractivity contribution is 7.90. The number of sulfone groups is 1. The molecule has 1 aliphatic rings. The Hall–Kier alpha value is -2.67. The molecule has 0 N–H and O–H groups in total. The first-order valence-electron chi connectivity index (χ1n) is 8.50. The van der Waals surface area contributed by atoms with Crippen LogP contribution >= 0.6 is 0 Å². The number of nitrogens with zero attached hydrogens (tertiary/aromatic N) is 3. The van der Waals surface area contributed by atoms with Crippen LogP contribution in [0, 0.1) is 0 Å². The number of rotatable bonds is 3. The molecule has 1 saturated heterocycles. The minimum atomic E-state index is -3.55. The standard InChI is InChI=1S/C19H19N3O3S/c1-26(24,25)19-20-17(16-10-5-6-12-22(16)19)18(23)21-13-7-11-15(21)14-8-3-2-4-9-14/h2-6,8-10,12,15H,7,11,13H2,1H3. The van der Waals surface area contributed by atoms with Crippen molar-refractivity contribution < 1.29 is 13.2 Å². The number of benzene rings is 1. The van der Waals surface area contributed by atoms with Gasteiger partial charge >= 0.3 is 0 Å². The van der Waals surface area contributed by atoms with E-state index in [1.807, 2.05) is 30.3 Å². The third-order valence-electron chi connectivity index (χ3n) is 4.75. The van der Waals surface area contributed by atoms with E-state index in [0.717, 1.165) is 24.7 Å². The summed E-state index contributed by atoms with van der Waals surface area (Å²) >= 11 is 0. The Morgan fingerprint density at radius 3 is 2.58 bits per heavy atom. The maximum absolute atomic E-state index is 13.2. The topological polar surface area (TPSA) is 71.7 Å². The van der Waals surface area contributed by atoms with Crippen molar-refractivity contribution in [3.63, 3.8) is 0 Å². The summed E-state index contributed by atoms with van der Waals surface area (Å²) in [6.07, 6.45) is 4.52. The van der Waals surface area contributed by atoms with E-state index < -0.39 is 9.84 Å². The van der Waals surface area contributed by atoms with Gasteiger partial charge in [-0.15, -0.1) is 0 Å². The molecule has 134 valence electrons. The van der Waals surface area contributed by atoms with Crippen LogP contribution in [0.2, 0.25) is 0 Å². The maximum Gasteiger partial charge on any atom is 0.275 e. The van der Waals surface area contributed by atoms with Gasteiger partial charge in [0.25, 0.3) is 5.91 Å². The molecule has 1 atom stereocenters. The fraction of sp³-hybridized carbons (Fsp3) is 0.263. The number of carbonyl (C=O) groups excluding carboxylic acids is 1. The van der Waals surface area contributed by atoms with Crippen LogP contribution in [0.25, 0.3) is 5.52 Å². The number of fused-ring (bicyclic) bond motifs is 1. The SMILES string of the molecule is CS(=O)(=O)c1nc(C(=O)N2CCCC2c2ccccc2)c2ccccn12. The van der Waals surface area contributed by atoms with Crippen molar-refractivity contribution in [2.75, 3.05) is 12.8 Å². The zero-order valence-corrected chi connectivity index (χ0v) is 15.2. The van der Waals surface area contributed by atoms with Crippen molar-refractivity contribution >= 4 is 21.3 Å². The summed E-state index contributed by atoms with van der Waals surface area (Å²) in [5.41, 5.74) is 1.79. The molecule has 0 bridgehead atoms. The molecule has 7 heteroatoms. The van der Waals surface area contributed by atoms with Crippen LogP contribution in [-0.4, -0.2) is 41.4 Å². The second-order valence-electron chi connectivity index (χ2n) is 6.54. The molecule has 0 saturated carbocycles. The van der Waals surface area contributed by atoms with Gasteiger partial charge in [-0.2, -0.15) is 0 Å². The Morgan fingerprint density at radius 2 is 1.85 bits per heavy atom. The fourth-order valence-electron chi connectivity index (χ4n) is 3.60. The van der Waals surface area contributed by atoms with E-state index >= 15 is 0 Å². The van der Waals surface area contributed by atoms with Crippen molar-refractivity contribution in [2.45, 2.75) is 24.0 Å². The van der Waals surface area contributed by atoms with Gasteiger partial charge < -0.3 is 4.90 Å². The molecule has 1 aliphatic heterocycles. The van der Waals surface area contributed by atoms with E-state index in [1.165, 1.54) is 4.40 Å². The average molecular weight is 369 g/mol. The van der Waals surface area contributed by atoms with Crippen molar-refractivity contribution in [1.82, 2.24) is 14.3 Å². The van der Waals surface area contributed by atoms with Gasteiger partial charge in [0.2, 0.25) is 15.0 Å². The van der Waals surface area contributed by atoms with Crippen LogP contribution in [0.4, 0.5) is 0 Å². The minimum absolute atomic E-state index is 0.00848. The summed E-state index contributed by atoms with van der Waals surface area (Å²) < 4.78 is 25.6. The summed E-state index contributed by atoms with van der Waals surface area (Å²) in [5.74, 6) is -0.227. The van der Waals surface area contributed by atoms with Crippen LogP contribution < -0.4 is 0 Å². The molecule has 2 aromatic heterocycles. The molecule has 0 radical (unpaired) electrons. The van der Waals surface area contributed by atoms with E-state index in [4.69, 9.17) is 0 Å². The number of pyridine rings is 1. The number of amides is 1. The van der Waals surface area contributed by atoms with Crippen molar-refractivity contribution in [2.24, 2.45) is 0 Å². The number of carbonyl (C=O) groups is 1. The van der Waals surface area contributed by atoms with E-state index in [-0.39, 0.29) is 22.8 Å². The molecule has 3 aromatic rings. The van der Waals surface area contributed by atoms with Crippen molar-refractivity contribution in [1.29, 1.82) is 0 Å². The first-order valence-corrected chi connectivity index (χ1v) is 10.4. The molecule has 3 heterocycles. The maximum atomic E-state index is 13.2. The van der Waals surface area contributed by atoms with Crippen LogP contribution in [0.1, 0.15) is 34.9 Å². The number of hydrogen-bond donors (Lipinski definition) is 0. The summed E-state index contributed by atoms with van der Waals surface area (Å²) in [6.45, 7) is 0.637. The molecule has 4 rings (SSSR count). The predicted octanol–water partition coefficient (Wildman–Crippen LogP) is 2.72. The fourth-order valence-corrected chi connectivity index (χ4v) is 4.37. The van der Waals surface area contributed by atoms with Gasteiger partial charge in [0.05, 0.1) is 11.6 Å². The molecular formula is C19H19N3O3S. The summed E-state index contributed by atoms with van der Waals surface area (Å²) in [7, 11) is -3.55. The molecular weight excluding hydrogens is 350 g/mol. The minimum Gasteiger partial charge on any atom is -0.330 e. The summed E-state index contributed by atoms with van der Waals surface area (Å²) in [4.78, 5) is 19.3. The van der Waals surface area contributed by atoms with Gasteiger partial charge in [-0.1, -0.05) is 36.4 Å². The highest BCUT2D eigenvalue weighted by Crippen LogP contribution is 2.33. The van der Waals surface area contributed by atoms with E-state index in [2.05, 4.69) is 4.98 Å². The Morgan fingerprint density at radius 1 is 1.12 bits per heavy atom. The first-order chi connectivity index (χ1) is 12.5. The lowest BCUT2D eigenvalue weighted by Crippen LogP contribution is -2.31. The van der Waals surface area contributed by atoms with Crippen molar-refractivity contribution in [3.8, 4) is 0 Å². The van der Waals surface area contributed by atoms with Crippen LogP contribution in [0.3, 0.4) is 0 Å². The van der Waals surface area contributed by atoms with Crippen molar-refractivity contribution in [3.05, 3.63) is 66.0 Å². The number of likely N-dealkylation sites (tertiary alicyclic amines) is 1. The molecule has 1 unspecified atom stereocenters. The Kier molecular flexibility index (Phi) is 4.03. The van der Waals surface area contributed by atoms with Crippen LogP contribution in [0.15, 0.2) is 59.9 Å². The highest BCUT2D eigenvalue weighted by atomic mass is 32.2. The lowest BCUT2D eigenvalue weighted by molar-refractivity contribution is 0.0732. The van der Waals surface area contributed by atoms with Crippen LogP contribution in [-0.2, 0) is 9.84 Å². The average Bonchev–Trinajstić information content (AvgIpc) is 3.26. The zero-order valence-electron chi connectivity index (χ0n) is 14.4. The molecule has 26 heavy (non-hydrogen) atoms. The largest absolute Gasteiger partial charge is 0.330 e. The monoisotopic (exact) mass is 369 g/mol. The first kappa shape index (κ1) is 16.8. The third-order valence-corrected chi connectivity index (χ3v) is 5.70. The van der Waals surface area contributed by atoms with E-state index in [9.17, 15) is 13.2 Å². The Balaban J connectivity index is 1.79. The molecule has 1 amide bonds. The molecule has 1 fully saturated rings. The molecule has 1 aromatic carbocycles. The predicted molar refractivity (Wildman–Crippen MR) is 97.8 cm³/mol. The number of imidazole rings is 1.